The average Bonchev–Trinajstić information content (AvgIpc) is 3.44. The Morgan fingerprint density at radius 1 is 1.03 bits per heavy atom. The van der Waals surface area contributed by atoms with Crippen molar-refractivity contribution in [2.75, 3.05) is 18.5 Å². The van der Waals surface area contributed by atoms with Crippen LogP contribution in [0.25, 0.3) is 22.7 Å². The fourth-order valence-electron chi connectivity index (χ4n) is 3.86. The molecule has 0 saturated heterocycles. The van der Waals surface area contributed by atoms with E-state index in [0.717, 1.165) is 33.7 Å². The minimum atomic E-state index is 0.0115. The van der Waals surface area contributed by atoms with Gasteiger partial charge in [0.1, 0.15) is 12.1 Å². The molecule has 35 heavy (non-hydrogen) atoms. The molecule has 10 nitrogen and oxygen atoms in total. The SMILES string of the molecule is CCOc1cc(C)n(-c2nc(-n3cnc4ccc(Nc5ccc(C)nn5)cc43)ccc2CCO)n1. The number of nitrogens with one attached hydrogen (secondary N) is 1. The number of imidazole rings is 1. The summed E-state index contributed by atoms with van der Waals surface area (Å²) in [4.78, 5) is 9.47. The number of hydrogen-bond acceptors (Lipinski definition) is 8. The summed E-state index contributed by atoms with van der Waals surface area (Å²) in [5, 5.41) is 25.7. The lowest BCUT2D eigenvalue weighted by molar-refractivity contribution is 0.299. The van der Waals surface area contributed by atoms with E-state index in [1.807, 2.05) is 73.9 Å². The number of aromatic nitrogens is 7. The third-order valence-corrected chi connectivity index (χ3v) is 5.54. The van der Waals surface area contributed by atoms with E-state index >= 15 is 0 Å². The van der Waals surface area contributed by atoms with E-state index < -0.39 is 0 Å². The van der Waals surface area contributed by atoms with Crippen LogP contribution in [0.1, 0.15) is 23.9 Å². The first-order valence-corrected chi connectivity index (χ1v) is 11.4. The van der Waals surface area contributed by atoms with Crippen molar-refractivity contribution in [3.05, 3.63) is 71.8 Å². The Balaban J connectivity index is 1.56. The van der Waals surface area contributed by atoms with Gasteiger partial charge < -0.3 is 15.2 Å². The second-order valence-corrected chi connectivity index (χ2v) is 8.10. The number of aliphatic hydroxyl groups is 1. The number of nitrogens with zero attached hydrogens (tertiary/aromatic N) is 7. The summed E-state index contributed by atoms with van der Waals surface area (Å²) < 4.78 is 9.25. The Kier molecular flexibility index (Phi) is 6.11. The molecule has 5 rings (SSSR count). The number of pyridine rings is 1. The van der Waals surface area contributed by atoms with Gasteiger partial charge in [-0.15, -0.1) is 10.2 Å². The molecule has 0 radical (unpaired) electrons. The molecule has 0 aliphatic heterocycles. The maximum Gasteiger partial charge on any atom is 0.233 e. The molecule has 1 aromatic carbocycles. The van der Waals surface area contributed by atoms with Crippen LogP contribution in [0, 0.1) is 13.8 Å². The van der Waals surface area contributed by atoms with Crippen molar-refractivity contribution in [1.29, 1.82) is 0 Å². The maximum absolute atomic E-state index is 9.60. The molecule has 0 fully saturated rings. The van der Waals surface area contributed by atoms with Crippen molar-refractivity contribution >= 4 is 22.5 Å². The van der Waals surface area contributed by atoms with Crippen molar-refractivity contribution < 1.29 is 9.84 Å². The van der Waals surface area contributed by atoms with E-state index in [1.54, 1.807) is 11.0 Å². The molecular formula is C25H26N8O2. The van der Waals surface area contributed by atoms with Gasteiger partial charge in [0.2, 0.25) is 5.88 Å². The highest BCUT2D eigenvalue weighted by molar-refractivity contribution is 5.82. The van der Waals surface area contributed by atoms with Crippen LogP contribution in [0.15, 0.2) is 54.9 Å². The Hall–Kier alpha value is -4.31. The summed E-state index contributed by atoms with van der Waals surface area (Å²) >= 11 is 0. The molecule has 5 aromatic rings. The van der Waals surface area contributed by atoms with Gasteiger partial charge in [0, 0.05) is 24.1 Å². The molecule has 0 unspecified atom stereocenters. The van der Waals surface area contributed by atoms with Gasteiger partial charge in [-0.3, -0.25) is 4.57 Å². The van der Waals surface area contributed by atoms with Crippen molar-refractivity contribution in [2.24, 2.45) is 0 Å². The van der Waals surface area contributed by atoms with Crippen molar-refractivity contribution in [1.82, 2.24) is 34.5 Å². The van der Waals surface area contributed by atoms with E-state index in [4.69, 9.17) is 9.72 Å². The van der Waals surface area contributed by atoms with Crippen LogP contribution in [0.5, 0.6) is 5.88 Å². The smallest absolute Gasteiger partial charge is 0.233 e. The van der Waals surface area contributed by atoms with Crippen LogP contribution >= 0.6 is 0 Å². The van der Waals surface area contributed by atoms with Crippen LogP contribution in [0.3, 0.4) is 0 Å². The molecule has 0 atom stereocenters. The lowest BCUT2D eigenvalue weighted by Crippen LogP contribution is -2.10. The molecule has 0 aliphatic rings. The predicted molar refractivity (Wildman–Crippen MR) is 133 cm³/mol. The number of benzene rings is 1. The van der Waals surface area contributed by atoms with Gasteiger partial charge >= 0.3 is 0 Å². The summed E-state index contributed by atoms with van der Waals surface area (Å²) in [6.45, 7) is 6.31. The van der Waals surface area contributed by atoms with Crippen LogP contribution in [0.4, 0.5) is 11.5 Å². The van der Waals surface area contributed by atoms with Gasteiger partial charge in [0.25, 0.3) is 0 Å². The maximum atomic E-state index is 9.60. The Morgan fingerprint density at radius 2 is 1.91 bits per heavy atom. The summed E-state index contributed by atoms with van der Waals surface area (Å²) in [6.07, 6.45) is 2.21. The minimum absolute atomic E-state index is 0.0115. The molecule has 0 bridgehead atoms. The standard InChI is InChI=1S/C25H26N8O2/c1-4-35-24-13-17(3)33(31-24)25-18(11-12-34)6-10-23(28-25)32-15-26-20-8-7-19(14-21(20)32)27-22-9-5-16(2)29-30-22/h5-10,13-15,34H,4,11-12H2,1-3H3,(H,27,30). The quantitative estimate of drug-likeness (QED) is 0.353. The number of rotatable bonds is 8. The molecule has 178 valence electrons. The highest BCUT2D eigenvalue weighted by Crippen LogP contribution is 2.25. The topological polar surface area (TPSA) is 116 Å². The first kappa shape index (κ1) is 22.5. The summed E-state index contributed by atoms with van der Waals surface area (Å²) in [5.74, 6) is 2.53. The Morgan fingerprint density at radius 3 is 2.69 bits per heavy atom. The first-order valence-electron chi connectivity index (χ1n) is 11.4. The van der Waals surface area contributed by atoms with Crippen LogP contribution in [-0.2, 0) is 6.42 Å². The second-order valence-electron chi connectivity index (χ2n) is 8.10. The average molecular weight is 471 g/mol. The zero-order valence-electron chi connectivity index (χ0n) is 19.8. The molecule has 4 aromatic heterocycles. The predicted octanol–water partition coefficient (Wildman–Crippen LogP) is 3.69. The van der Waals surface area contributed by atoms with Gasteiger partial charge in [-0.25, -0.2) is 14.6 Å². The number of aliphatic hydroxyl groups excluding tert-OH is 1. The summed E-state index contributed by atoms with van der Waals surface area (Å²) in [7, 11) is 0. The molecule has 2 N–H and O–H groups in total. The van der Waals surface area contributed by atoms with Crippen molar-refractivity contribution in [2.45, 2.75) is 27.2 Å². The number of fused-ring (bicyclic) bond motifs is 1. The monoisotopic (exact) mass is 470 g/mol. The third kappa shape index (κ3) is 4.56. The van der Waals surface area contributed by atoms with Gasteiger partial charge in [-0.05, 0) is 69.2 Å². The van der Waals surface area contributed by atoms with Gasteiger partial charge in [-0.1, -0.05) is 6.07 Å². The highest BCUT2D eigenvalue weighted by Gasteiger charge is 2.15. The first-order chi connectivity index (χ1) is 17.1. The zero-order valence-corrected chi connectivity index (χ0v) is 19.8. The van der Waals surface area contributed by atoms with Crippen molar-refractivity contribution in [3.63, 3.8) is 0 Å². The lowest BCUT2D eigenvalue weighted by Gasteiger charge is -2.13. The molecular weight excluding hydrogens is 444 g/mol. The van der Waals surface area contributed by atoms with E-state index in [0.29, 0.717) is 36.4 Å². The molecule has 0 saturated carbocycles. The molecule has 0 spiro atoms. The van der Waals surface area contributed by atoms with E-state index in [1.165, 1.54) is 0 Å². The number of hydrogen-bond donors (Lipinski definition) is 2. The van der Waals surface area contributed by atoms with Gasteiger partial charge in [0.15, 0.2) is 11.6 Å². The summed E-state index contributed by atoms with van der Waals surface area (Å²) in [6, 6.07) is 15.5. The zero-order chi connectivity index (χ0) is 24.4. The molecule has 4 heterocycles. The highest BCUT2D eigenvalue weighted by atomic mass is 16.5. The largest absolute Gasteiger partial charge is 0.477 e. The van der Waals surface area contributed by atoms with Crippen LogP contribution in [-0.4, -0.2) is 52.8 Å². The van der Waals surface area contributed by atoms with Crippen LogP contribution in [0.2, 0.25) is 0 Å². The molecule has 10 heteroatoms. The third-order valence-electron chi connectivity index (χ3n) is 5.54. The molecule has 0 amide bonds. The fourth-order valence-corrected chi connectivity index (χ4v) is 3.86. The normalized spacial score (nSPS) is 11.2. The van der Waals surface area contributed by atoms with Crippen molar-refractivity contribution in [3.8, 4) is 17.5 Å². The Labute approximate surface area is 202 Å². The minimum Gasteiger partial charge on any atom is -0.477 e. The van der Waals surface area contributed by atoms with Crippen LogP contribution < -0.4 is 10.1 Å². The lowest BCUT2D eigenvalue weighted by atomic mass is 10.2. The molecule has 0 aliphatic carbocycles. The van der Waals surface area contributed by atoms with E-state index in [9.17, 15) is 5.11 Å². The Bertz CT molecular complexity index is 1470. The van der Waals surface area contributed by atoms with E-state index in [-0.39, 0.29) is 6.61 Å². The van der Waals surface area contributed by atoms with E-state index in [2.05, 4.69) is 25.6 Å². The fraction of sp³-hybridized carbons (Fsp3) is 0.240. The number of ether oxygens (including phenoxy) is 1. The number of aryl methyl sites for hydroxylation is 2. The second kappa shape index (κ2) is 9.51. The van der Waals surface area contributed by atoms with Gasteiger partial charge in [-0.2, -0.15) is 5.10 Å². The number of anilines is 2. The summed E-state index contributed by atoms with van der Waals surface area (Å²) in [5.41, 5.74) is 5.21. The van der Waals surface area contributed by atoms with Gasteiger partial charge in [0.05, 0.1) is 23.3 Å².